The third kappa shape index (κ3) is 3.03. The van der Waals surface area contributed by atoms with Gasteiger partial charge in [-0.1, -0.05) is 23.7 Å². The number of allylic oxidation sites excluding steroid dienone is 2. The summed E-state index contributed by atoms with van der Waals surface area (Å²) >= 11 is 5.90. The van der Waals surface area contributed by atoms with E-state index in [4.69, 9.17) is 11.6 Å². The molecule has 1 aliphatic heterocycles. The van der Waals surface area contributed by atoms with Gasteiger partial charge < -0.3 is 4.48 Å². The zero-order valence-electron chi connectivity index (χ0n) is 11.8. The summed E-state index contributed by atoms with van der Waals surface area (Å²) in [4.78, 5) is 15.2. The van der Waals surface area contributed by atoms with Crippen molar-refractivity contribution in [1.82, 2.24) is 4.48 Å². The number of benzene rings is 1. The van der Waals surface area contributed by atoms with E-state index in [0.717, 1.165) is 10.7 Å². The van der Waals surface area contributed by atoms with Crippen LogP contribution in [0.25, 0.3) is 5.57 Å². The maximum absolute atomic E-state index is 13.4. The van der Waals surface area contributed by atoms with E-state index >= 15 is 0 Å². The Morgan fingerprint density at radius 2 is 2.00 bits per heavy atom. The summed E-state index contributed by atoms with van der Waals surface area (Å²) in [5, 5.41) is 0.543. The van der Waals surface area contributed by atoms with Crippen molar-refractivity contribution >= 4 is 37.1 Å². The molecule has 23 heavy (non-hydrogen) atoms. The van der Waals surface area contributed by atoms with E-state index in [2.05, 4.69) is 4.99 Å². The first-order chi connectivity index (χ1) is 11.1. The number of aliphatic imine (C=N–C) groups is 1. The second kappa shape index (κ2) is 6.34. The van der Waals surface area contributed by atoms with Gasteiger partial charge in [-0.05, 0) is 35.9 Å². The van der Waals surface area contributed by atoms with Crippen LogP contribution < -0.4 is 0 Å². The van der Waals surface area contributed by atoms with Gasteiger partial charge in [0.2, 0.25) is 0 Å². The summed E-state index contributed by atoms with van der Waals surface area (Å²) in [6.45, 7) is 0. The topological polar surface area (TPSA) is 34.4 Å². The van der Waals surface area contributed by atoms with Crippen molar-refractivity contribution in [3.63, 3.8) is 0 Å². The predicted octanol–water partition coefficient (Wildman–Crippen LogP) is 4.13. The minimum Gasteiger partial charge on any atom is -0.331 e. The summed E-state index contributed by atoms with van der Waals surface area (Å²) in [6.07, 6.45) is 6.71. The third-order valence-corrected chi connectivity index (χ3v) is 3.67. The van der Waals surface area contributed by atoms with Crippen molar-refractivity contribution in [2.75, 3.05) is 0 Å². The van der Waals surface area contributed by atoms with E-state index in [-0.39, 0.29) is 11.3 Å². The molecule has 0 spiro atoms. The average molecular weight is 331 g/mol. The molecule has 0 fully saturated rings. The molecule has 2 heterocycles. The van der Waals surface area contributed by atoms with Crippen LogP contribution in [0.3, 0.4) is 0 Å². The van der Waals surface area contributed by atoms with Crippen LogP contribution >= 0.6 is 11.6 Å². The molecule has 2 aromatic rings. The number of carbonyl (C=O) groups is 1. The van der Waals surface area contributed by atoms with Gasteiger partial charge in [0, 0.05) is 34.3 Å². The van der Waals surface area contributed by atoms with Crippen molar-refractivity contribution in [2.45, 2.75) is 0 Å². The number of hydrogen-bond acceptors (Lipinski definition) is 2. The van der Waals surface area contributed by atoms with Gasteiger partial charge in [-0.3, -0.25) is 18.4 Å². The van der Waals surface area contributed by atoms with Gasteiger partial charge in [-0.25, -0.2) is 0 Å². The fourth-order valence-electron chi connectivity index (χ4n) is 2.42. The third-order valence-electron chi connectivity index (χ3n) is 3.42. The predicted molar refractivity (Wildman–Crippen MR) is 88.3 cm³/mol. The second-order valence-electron chi connectivity index (χ2n) is 4.87. The van der Waals surface area contributed by atoms with Gasteiger partial charge in [0.25, 0.3) is 0 Å². The van der Waals surface area contributed by atoms with Crippen molar-refractivity contribution in [3.8, 4) is 0 Å². The molecule has 1 aromatic carbocycles. The van der Waals surface area contributed by atoms with Gasteiger partial charge in [0.05, 0.1) is 5.70 Å². The van der Waals surface area contributed by atoms with Crippen molar-refractivity contribution in [1.29, 1.82) is 0 Å². The van der Waals surface area contributed by atoms with E-state index in [1.54, 1.807) is 42.6 Å². The number of hydrogen-bond donors (Lipinski definition) is 0. The Morgan fingerprint density at radius 3 is 2.57 bits per heavy atom. The van der Waals surface area contributed by atoms with Crippen LogP contribution in [0.4, 0.5) is 8.63 Å². The van der Waals surface area contributed by atoms with Crippen LogP contribution in [0.2, 0.25) is 5.02 Å². The Hall–Kier alpha value is -2.47. The minimum absolute atomic E-state index is 0.179. The summed E-state index contributed by atoms with van der Waals surface area (Å²) in [7, 11) is -2.77. The average Bonchev–Trinajstić information content (AvgIpc) is 3.19. The zero-order chi connectivity index (χ0) is 16.4. The van der Waals surface area contributed by atoms with E-state index in [0.29, 0.717) is 28.1 Å². The molecule has 0 atom stereocenters. The van der Waals surface area contributed by atoms with Crippen LogP contribution in [-0.4, -0.2) is 24.4 Å². The molecular weight excluding hydrogens is 320 g/mol. The Labute approximate surface area is 136 Å². The highest BCUT2D eigenvalue weighted by Gasteiger charge is 2.25. The SMILES string of the molecule is O=Cc1cc(/C(=C2/C=CC=N2)c2ccc(Cl)cc2)n(B(F)F)c1. The maximum atomic E-state index is 13.4. The number of carbonyl (C=O) groups excluding carboxylic acids is 1. The van der Waals surface area contributed by atoms with E-state index in [1.807, 2.05) is 0 Å². The Balaban J connectivity index is 2.25. The Kier molecular flexibility index (Phi) is 4.25. The highest BCUT2D eigenvalue weighted by atomic mass is 35.5. The first kappa shape index (κ1) is 15.4. The smallest absolute Gasteiger partial charge is 0.331 e. The molecule has 0 saturated heterocycles. The largest absolute Gasteiger partial charge is 0.677 e. The molecule has 3 rings (SSSR count). The van der Waals surface area contributed by atoms with Gasteiger partial charge >= 0.3 is 7.40 Å². The first-order valence-electron chi connectivity index (χ1n) is 6.76. The van der Waals surface area contributed by atoms with Crippen LogP contribution in [0, 0.1) is 0 Å². The van der Waals surface area contributed by atoms with Crippen LogP contribution in [0.1, 0.15) is 21.6 Å². The lowest BCUT2D eigenvalue weighted by Crippen LogP contribution is -2.15. The molecule has 0 saturated carbocycles. The monoisotopic (exact) mass is 330 g/mol. The number of aldehydes is 1. The number of rotatable bonds is 4. The second-order valence-corrected chi connectivity index (χ2v) is 5.30. The summed E-state index contributed by atoms with van der Waals surface area (Å²) < 4.78 is 27.5. The molecule has 1 aromatic heterocycles. The van der Waals surface area contributed by atoms with Crippen LogP contribution in [-0.2, 0) is 0 Å². The quantitative estimate of drug-likeness (QED) is 0.613. The summed E-state index contributed by atoms with van der Waals surface area (Å²) in [5.74, 6) is 0. The van der Waals surface area contributed by atoms with Gasteiger partial charge in [-0.2, -0.15) is 0 Å². The molecule has 3 nitrogen and oxygen atoms in total. The Bertz CT molecular complexity index is 824. The van der Waals surface area contributed by atoms with Crippen molar-refractivity contribution < 1.29 is 13.4 Å². The van der Waals surface area contributed by atoms with Crippen LogP contribution in [0.5, 0.6) is 0 Å². The van der Waals surface area contributed by atoms with Gasteiger partial charge in [-0.15, -0.1) is 0 Å². The standard InChI is InChI=1S/C16H10BClF2N2O/c18-13-5-3-12(4-6-13)16(14-2-1-7-21-14)15-8-11(10-23)9-22(15)17(19)20/h1-10H/b16-14-. The molecule has 0 aliphatic carbocycles. The number of halogens is 3. The molecule has 7 heteroatoms. The highest BCUT2D eigenvalue weighted by molar-refractivity contribution is 6.41. The van der Waals surface area contributed by atoms with Gasteiger partial charge in [0.15, 0.2) is 6.29 Å². The molecule has 0 amide bonds. The molecule has 0 unspecified atom stereocenters. The molecule has 0 radical (unpaired) electrons. The normalized spacial score (nSPS) is 15.1. The van der Waals surface area contributed by atoms with Crippen molar-refractivity contribution in [2.24, 2.45) is 4.99 Å². The molecule has 1 aliphatic rings. The van der Waals surface area contributed by atoms with Crippen molar-refractivity contribution in [3.05, 3.63) is 76.2 Å². The highest BCUT2D eigenvalue weighted by Crippen LogP contribution is 2.32. The fourth-order valence-corrected chi connectivity index (χ4v) is 2.54. The lowest BCUT2D eigenvalue weighted by molar-refractivity contribution is 0.112. The summed E-state index contributed by atoms with van der Waals surface area (Å²) in [6, 6.07) is 8.25. The molecular formula is C16H10BClF2N2O. The van der Waals surface area contributed by atoms with Gasteiger partial charge in [0.1, 0.15) is 0 Å². The lowest BCUT2D eigenvalue weighted by Gasteiger charge is -2.12. The van der Waals surface area contributed by atoms with Crippen LogP contribution in [0.15, 0.2) is 59.4 Å². The molecule has 0 N–H and O–H groups in total. The molecule has 0 bridgehead atoms. The first-order valence-corrected chi connectivity index (χ1v) is 7.14. The van der Waals surface area contributed by atoms with E-state index in [1.165, 1.54) is 6.07 Å². The molecule has 114 valence electrons. The minimum atomic E-state index is -2.77. The lowest BCUT2D eigenvalue weighted by atomic mass is 9.98. The van der Waals surface area contributed by atoms with E-state index < -0.39 is 7.40 Å². The number of aromatic nitrogens is 1. The zero-order valence-corrected chi connectivity index (χ0v) is 12.5. The Morgan fingerprint density at radius 1 is 1.26 bits per heavy atom. The maximum Gasteiger partial charge on any atom is 0.677 e. The summed E-state index contributed by atoms with van der Waals surface area (Å²) in [5.41, 5.74) is 2.15. The fraction of sp³-hybridized carbons (Fsp3) is 0. The van der Waals surface area contributed by atoms with E-state index in [9.17, 15) is 13.4 Å². The number of nitrogens with zero attached hydrogens (tertiary/aromatic N) is 2.